The smallest absolute Gasteiger partial charge is 0.416 e. The van der Waals surface area contributed by atoms with Gasteiger partial charge in [-0.15, -0.1) is 0 Å². The molecule has 0 amide bonds. The lowest BCUT2D eigenvalue weighted by Crippen LogP contribution is -2.04. The molecule has 0 aliphatic rings. The number of benzene rings is 2. The van der Waals surface area contributed by atoms with Crippen LogP contribution in [0.5, 0.6) is 5.75 Å². The lowest BCUT2D eigenvalue weighted by Gasteiger charge is -2.08. The van der Waals surface area contributed by atoms with Gasteiger partial charge in [0.25, 0.3) is 0 Å². The molecule has 3 nitrogen and oxygen atoms in total. The summed E-state index contributed by atoms with van der Waals surface area (Å²) in [6, 6.07) is 12.6. The third kappa shape index (κ3) is 4.88. The molecule has 0 saturated heterocycles. The predicted octanol–water partition coefficient (Wildman–Crippen LogP) is 7.06. The highest BCUT2D eigenvalue weighted by Gasteiger charge is 2.30. The van der Waals surface area contributed by atoms with E-state index in [0.717, 1.165) is 24.1 Å². The van der Waals surface area contributed by atoms with Crippen molar-refractivity contribution < 1.29 is 22.3 Å². The van der Waals surface area contributed by atoms with Crippen LogP contribution in [0.15, 0.2) is 59.0 Å². The van der Waals surface area contributed by atoms with Crippen LogP contribution in [-0.2, 0) is 12.8 Å². The average Bonchev–Trinajstić information content (AvgIpc) is 3.08. The normalized spacial score (nSPS) is 12.3. The summed E-state index contributed by atoms with van der Waals surface area (Å²) < 4.78 is 49.6. The van der Waals surface area contributed by atoms with Gasteiger partial charge in [0.1, 0.15) is 23.8 Å². The number of oxazole rings is 1. The second-order valence-electron chi connectivity index (χ2n) is 6.58. The number of ether oxygens (including phenoxy) is 1. The lowest BCUT2D eigenvalue weighted by atomic mass is 10.0. The summed E-state index contributed by atoms with van der Waals surface area (Å²) in [7, 11) is 0. The standard InChI is InChI=1S/C23H22F3NO2/c1-4-16(5-2)18-7-6-8-20(13-18)28-14-21-15(3)29-22(27-21)17-9-11-19(12-10-17)23(24,25)26/h4,6-13H,5,14H2,1-3H3. The zero-order valence-corrected chi connectivity index (χ0v) is 16.5. The molecule has 1 heterocycles. The van der Waals surface area contributed by atoms with Crippen molar-refractivity contribution >= 4 is 5.57 Å². The molecular weight excluding hydrogens is 379 g/mol. The molecular formula is C23H22F3NO2. The number of rotatable bonds is 6. The highest BCUT2D eigenvalue weighted by molar-refractivity contribution is 5.66. The van der Waals surface area contributed by atoms with E-state index in [-0.39, 0.29) is 12.5 Å². The molecule has 0 aliphatic heterocycles. The van der Waals surface area contributed by atoms with Gasteiger partial charge in [-0.2, -0.15) is 13.2 Å². The zero-order chi connectivity index (χ0) is 21.0. The van der Waals surface area contributed by atoms with Crippen LogP contribution in [0, 0.1) is 6.92 Å². The van der Waals surface area contributed by atoms with Crippen molar-refractivity contribution in [3.63, 3.8) is 0 Å². The summed E-state index contributed by atoms with van der Waals surface area (Å²) in [5.41, 5.74) is 2.72. The molecule has 0 atom stereocenters. The van der Waals surface area contributed by atoms with Crippen LogP contribution >= 0.6 is 0 Å². The lowest BCUT2D eigenvalue weighted by molar-refractivity contribution is -0.137. The average molecular weight is 401 g/mol. The van der Waals surface area contributed by atoms with Gasteiger partial charge >= 0.3 is 6.18 Å². The Labute approximate surface area is 167 Å². The number of hydrogen-bond donors (Lipinski definition) is 0. The number of allylic oxidation sites excluding steroid dienone is 2. The maximum absolute atomic E-state index is 12.7. The van der Waals surface area contributed by atoms with E-state index in [2.05, 4.69) is 18.0 Å². The molecule has 2 aromatic carbocycles. The van der Waals surface area contributed by atoms with Crippen molar-refractivity contribution in [3.8, 4) is 17.2 Å². The first kappa shape index (κ1) is 20.7. The maximum atomic E-state index is 12.7. The van der Waals surface area contributed by atoms with Gasteiger partial charge in [-0.05, 0) is 67.8 Å². The Morgan fingerprint density at radius 3 is 2.48 bits per heavy atom. The Bertz CT molecular complexity index is 1000. The summed E-state index contributed by atoms with van der Waals surface area (Å²) in [5.74, 6) is 1.55. The van der Waals surface area contributed by atoms with Crippen LogP contribution in [0.25, 0.3) is 17.0 Å². The van der Waals surface area contributed by atoms with E-state index in [1.54, 1.807) is 6.92 Å². The third-order valence-corrected chi connectivity index (χ3v) is 4.66. The summed E-state index contributed by atoms with van der Waals surface area (Å²) in [6.45, 7) is 6.07. The van der Waals surface area contributed by atoms with Crippen LogP contribution in [-0.4, -0.2) is 4.98 Å². The van der Waals surface area contributed by atoms with Crippen LogP contribution in [0.2, 0.25) is 0 Å². The third-order valence-electron chi connectivity index (χ3n) is 4.66. The summed E-state index contributed by atoms with van der Waals surface area (Å²) >= 11 is 0. The first-order valence-corrected chi connectivity index (χ1v) is 9.34. The van der Waals surface area contributed by atoms with Crippen molar-refractivity contribution in [2.45, 2.75) is 40.0 Å². The molecule has 6 heteroatoms. The van der Waals surface area contributed by atoms with Crippen LogP contribution in [0.3, 0.4) is 0 Å². The number of aryl methyl sites for hydroxylation is 1. The molecule has 0 unspecified atom stereocenters. The first-order chi connectivity index (χ1) is 13.8. The van der Waals surface area contributed by atoms with E-state index in [0.29, 0.717) is 22.8 Å². The molecule has 3 aromatic rings. The molecule has 152 valence electrons. The number of halogens is 3. The van der Waals surface area contributed by atoms with Gasteiger partial charge < -0.3 is 9.15 Å². The van der Waals surface area contributed by atoms with Gasteiger partial charge in [0.2, 0.25) is 5.89 Å². The molecule has 29 heavy (non-hydrogen) atoms. The first-order valence-electron chi connectivity index (χ1n) is 9.34. The van der Waals surface area contributed by atoms with Gasteiger partial charge in [-0.25, -0.2) is 4.98 Å². The molecule has 1 aromatic heterocycles. The molecule has 0 fully saturated rings. The quantitative estimate of drug-likeness (QED) is 0.443. The largest absolute Gasteiger partial charge is 0.487 e. The van der Waals surface area contributed by atoms with Crippen molar-refractivity contribution in [1.29, 1.82) is 0 Å². The van der Waals surface area contributed by atoms with Crippen LogP contribution in [0.4, 0.5) is 13.2 Å². The molecule has 0 spiro atoms. The minimum atomic E-state index is -4.37. The molecule has 3 rings (SSSR count). The van der Waals surface area contributed by atoms with Gasteiger partial charge in [0, 0.05) is 5.56 Å². The van der Waals surface area contributed by atoms with Crippen LogP contribution in [0.1, 0.15) is 42.8 Å². The molecule has 0 bridgehead atoms. The van der Waals surface area contributed by atoms with Gasteiger partial charge in [-0.1, -0.05) is 25.1 Å². The fourth-order valence-corrected chi connectivity index (χ4v) is 3.00. The molecule has 0 saturated carbocycles. The minimum Gasteiger partial charge on any atom is -0.487 e. The van der Waals surface area contributed by atoms with Gasteiger partial charge in [0.05, 0.1) is 5.56 Å². The maximum Gasteiger partial charge on any atom is 0.416 e. The summed E-state index contributed by atoms with van der Waals surface area (Å²) in [5, 5.41) is 0. The Kier molecular flexibility index (Phi) is 6.11. The van der Waals surface area contributed by atoms with E-state index < -0.39 is 11.7 Å². The van der Waals surface area contributed by atoms with Gasteiger partial charge in [-0.3, -0.25) is 0 Å². The highest BCUT2D eigenvalue weighted by atomic mass is 19.4. The van der Waals surface area contributed by atoms with Crippen LogP contribution < -0.4 is 4.74 Å². The topological polar surface area (TPSA) is 35.3 Å². The number of alkyl halides is 3. The number of nitrogens with zero attached hydrogens (tertiary/aromatic N) is 1. The number of aromatic nitrogens is 1. The predicted molar refractivity (Wildman–Crippen MR) is 106 cm³/mol. The fraction of sp³-hybridized carbons (Fsp3) is 0.261. The zero-order valence-electron chi connectivity index (χ0n) is 16.5. The van der Waals surface area contributed by atoms with E-state index in [1.165, 1.54) is 17.7 Å². The second kappa shape index (κ2) is 8.55. The Morgan fingerprint density at radius 1 is 1.14 bits per heavy atom. The Morgan fingerprint density at radius 2 is 1.86 bits per heavy atom. The van der Waals surface area contributed by atoms with E-state index in [9.17, 15) is 13.2 Å². The van der Waals surface area contributed by atoms with Gasteiger partial charge in [0.15, 0.2) is 0 Å². The fourth-order valence-electron chi connectivity index (χ4n) is 3.00. The van der Waals surface area contributed by atoms with Crippen molar-refractivity contribution in [2.24, 2.45) is 0 Å². The second-order valence-corrected chi connectivity index (χ2v) is 6.58. The summed E-state index contributed by atoms with van der Waals surface area (Å²) in [4.78, 5) is 4.39. The molecule has 0 radical (unpaired) electrons. The minimum absolute atomic E-state index is 0.205. The Hall–Kier alpha value is -3.02. The highest BCUT2D eigenvalue weighted by Crippen LogP contribution is 2.31. The van der Waals surface area contributed by atoms with E-state index in [4.69, 9.17) is 9.15 Å². The Balaban J connectivity index is 1.74. The monoisotopic (exact) mass is 401 g/mol. The summed E-state index contributed by atoms with van der Waals surface area (Å²) in [6.07, 6.45) is -1.36. The van der Waals surface area contributed by atoms with Crippen molar-refractivity contribution in [2.75, 3.05) is 0 Å². The molecule has 0 N–H and O–H groups in total. The number of hydrogen-bond acceptors (Lipinski definition) is 3. The molecule has 0 aliphatic carbocycles. The van der Waals surface area contributed by atoms with Crippen molar-refractivity contribution in [3.05, 3.63) is 77.2 Å². The SMILES string of the molecule is CC=C(CC)c1cccc(OCc2nc(-c3ccc(C(F)(F)F)cc3)oc2C)c1. The van der Waals surface area contributed by atoms with E-state index in [1.807, 2.05) is 31.2 Å². The van der Waals surface area contributed by atoms with E-state index >= 15 is 0 Å². The van der Waals surface area contributed by atoms with Crippen molar-refractivity contribution in [1.82, 2.24) is 4.98 Å².